The molecule has 2 aromatic rings. The van der Waals surface area contributed by atoms with E-state index >= 15 is 0 Å². The van der Waals surface area contributed by atoms with E-state index in [0.29, 0.717) is 5.69 Å². The van der Waals surface area contributed by atoms with Gasteiger partial charge in [0.1, 0.15) is 5.69 Å². The fourth-order valence-corrected chi connectivity index (χ4v) is 2.25. The molecule has 1 heterocycles. The molecule has 24 heavy (non-hydrogen) atoms. The number of carbonyl (C=O) groups excluding carboxylic acids is 2. The number of sulfonamides is 1. The molecule has 0 saturated heterocycles. The van der Waals surface area contributed by atoms with Gasteiger partial charge in [-0.1, -0.05) is 6.07 Å². The van der Waals surface area contributed by atoms with Crippen LogP contribution in [0.5, 0.6) is 0 Å². The molecule has 0 saturated carbocycles. The van der Waals surface area contributed by atoms with E-state index in [-0.39, 0.29) is 10.6 Å². The van der Waals surface area contributed by atoms with Gasteiger partial charge in [-0.2, -0.15) is 0 Å². The van der Waals surface area contributed by atoms with E-state index < -0.39 is 28.0 Å². The Hall–Kier alpha value is -2.78. The van der Waals surface area contributed by atoms with Crippen LogP contribution in [0.3, 0.4) is 0 Å². The van der Waals surface area contributed by atoms with E-state index in [9.17, 15) is 18.0 Å². The molecule has 0 spiro atoms. The summed E-state index contributed by atoms with van der Waals surface area (Å²) in [6.45, 7) is 1.41. The number of ether oxygens (including phenoxy) is 1. The van der Waals surface area contributed by atoms with Crippen molar-refractivity contribution >= 4 is 27.6 Å². The molecule has 126 valence electrons. The van der Waals surface area contributed by atoms with E-state index in [1.165, 1.54) is 43.5 Å². The normalized spacial score (nSPS) is 12.2. The molecular formula is C15H15N3O5S. The number of primary sulfonamides is 1. The second-order valence-corrected chi connectivity index (χ2v) is 6.38. The molecule has 1 aromatic heterocycles. The van der Waals surface area contributed by atoms with Crippen molar-refractivity contribution in [3.63, 3.8) is 0 Å². The molecule has 1 amide bonds. The lowest BCUT2D eigenvalue weighted by atomic mass is 10.3. The maximum absolute atomic E-state index is 12.0. The van der Waals surface area contributed by atoms with Gasteiger partial charge in [-0.25, -0.2) is 23.3 Å². The molecule has 0 unspecified atom stereocenters. The molecule has 0 aliphatic rings. The predicted molar refractivity (Wildman–Crippen MR) is 85.6 cm³/mol. The molecule has 0 radical (unpaired) electrons. The predicted octanol–water partition coefficient (Wildman–Crippen LogP) is 0.913. The molecule has 1 atom stereocenters. The van der Waals surface area contributed by atoms with Gasteiger partial charge in [0, 0.05) is 11.9 Å². The number of aromatic nitrogens is 1. The van der Waals surface area contributed by atoms with Gasteiger partial charge < -0.3 is 10.1 Å². The van der Waals surface area contributed by atoms with Crippen molar-refractivity contribution in [1.29, 1.82) is 0 Å². The number of hydrogen-bond donors (Lipinski definition) is 2. The van der Waals surface area contributed by atoms with Crippen LogP contribution in [0.2, 0.25) is 0 Å². The fourth-order valence-electron chi connectivity index (χ4n) is 1.73. The molecule has 0 aliphatic carbocycles. The number of nitrogens with two attached hydrogens (primary N) is 1. The lowest BCUT2D eigenvalue weighted by Gasteiger charge is -2.13. The number of anilines is 1. The number of nitrogens with zero attached hydrogens (tertiary/aromatic N) is 1. The van der Waals surface area contributed by atoms with Gasteiger partial charge in [-0.3, -0.25) is 4.79 Å². The van der Waals surface area contributed by atoms with Crippen molar-refractivity contribution in [2.45, 2.75) is 17.9 Å². The Morgan fingerprint density at radius 2 is 1.83 bits per heavy atom. The monoisotopic (exact) mass is 349 g/mol. The SMILES string of the molecule is C[C@H](OC(=O)c1ccccn1)C(=O)Nc1ccc(S(N)(=O)=O)cc1. The van der Waals surface area contributed by atoms with E-state index in [1.54, 1.807) is 12.1 Å². The Morgan fingerprint density at radius 3 is 2.38 bits per heavy atom. The Balaban J connectivity index is 1.98. The van der Waals surface area contributed by atoms with E-state index in [0.717, 1.165) is 0 Å². The van der Waals surface area contributed by atoms with Gasteiger partial charge in [0.25, 0.3) is 5.91 Å². The van der Waals surface area contributed by atoms with Crippen LogP contribution in [0.25, 0.3) is 0 Å². The summed E-state index contributed by atoms with van der Waals surface area (Å²) in [4.78, 5) is 27.6. The van der Waals surface area contributed by atoms with Crippen LogP contribution in [0.15, 0.2) is 53.6 Å². The van der Waals surface area contributed by atoms with Crippen LogP contribution in [0, 0.1) is 0 Å². The van der Waals surface area contributed by atoms with Crippen LogP contribution >= 0.6 is 0 Å². The first kappa shape index (κ1) is 17.6. The van der Waals surface area contributed by atoms with Gasteiger partial charge >= 0.3 is 5.97 Å². The molecule has 1 aromatic carbocycles. The van der Waals surface area contributed by atoms with Crippen molar-refractivity contribution in [3.05, 3.63) is 54.4 Å². The number of rotatable bonds is 5. The summed E-state index contributed by atoms with van der Waals surface area (Å²) in [5, 5.41) is 7.49. The van der Waals surface area contributed by atoms with Gasteiger partial charge in [0.05, 0.1) is 4.90 Å². The average molecular weight is 349 g/mol. The summed E-state index contributed by atoms with van der Waals surface area (Å²) in [5.74, 6) is -1.29. The zero-order valence-corrected chi connectivity index (χ0v) is 13.5. The molecule has 2 rings (SSSR count). The van der Waals surface area contributed by atoms with Crippen molar-refractivity contribution < 1.29 is 22.7 Å². The standard InChI is InChI=1S/C15H15N3O5S/c1-10(23-15(20)13-4-2-3-9-17-13)14(19)18-11-5-7-12(8-6-11)24(16,21)22/h2-10H,1H3,(H,18,19)(H2,16,21,22)/t10-/m0/s1. The van der Waals surface area contributed by atoms with E-state index in [1.807, 2.05) is 0 Å². The smallest absolute Gasteiger partial charge is 0.357 e. The van der Waals surface area contributed by atoms with Crippen molar-refractivity contribution in [2.75, 3.05) is 5.32 Å². The summed E-state index contributed by atoms with van der Waals surface area (Å²) in [6.07, 6.45) is 0.381. The average Bonchev–Trinajstić information content (AvgIpc) is 2.55. The lowest BCUT2D eigenvalue weighted by molar-refractivity contribution is -0.123. The van der Waals surface area contributed by atoms with Crippen molar-refractivity contribution in [3.8, 4) is 0 Å². The molecule has 0 aliphatic heterocycles. The minimum Gasteiger partial charge on any atom is -0.448 e. The highest BCUT2D eigenvalue weighted by Gasteiger charge is 2.19. The number of benzene rings is 1. The van der Waals surface area contributed by atoms with Crippen LogP contribution in [-0.4, -0.2) is 31.4 Å². The molecule has 0 fully saturated rings. The van der Waals surface area contributed by atoms with Crippen LogP contribution in [-0.2, 0) is 19.6 Å². The number of hydrogen-bond acceptors (Lipinski definition) is 6. The number of amides is 1. The van der Waals surface area contributed by atoms with E-state index in [2.05, 4.69) is 10.3 Å². The Kier molecular flexibility index (Phi) is 5.27. The quantitative estimate of drug-likeness (QED) is 0.772. The minimum atomic E-state index is -3.80. The first-order valence-corrected chi connectivity index (χ1v) is 8.38. The Morgan fingerprint density at radius 1 is 1.17 bits per heavy atom. The van der Waals surface area contributed by atoms with Crippen molar-refractivity contribution in [1.82, 2.24) is 4.98 Å². The first-order chi connectivity index (χ1) is 11.3. The molecule has 0 bridgehead atoms. The highest BCUT2D eigenvalue weighted by Crippen LogP contribution is 2.13. The fraction of sp³-hybridized carbons (Fsp3) is 0.133. The molecule has 8 nitrogen and oxygen atoms in total. The van der Waals surface area contributed by atoms with Crippen LogP contribution in [0.1, 0.15) is 17.4 Å². The van der Waals surface area contributed by atoms with Crippen molar-refractivity contribution in [2.24, 2.45) is 5.14 Å². The third kappa shape index (κ3) is 4.61. The second kappa shape index (κ2) is 7.20. The highest BCUT2D eigenvalue weighted by atomic mass is 32.2. The Labute approximate surface area is 138 Å². The third-order valence-electron chi connectivity index (χ3n) is 2.98. The van der Waals surface area contributed by atoms with Crippen LogP contribution in [0.4, 0.5) is 5.69 Å². The number of nitrogens with one attached hydrogen (secondary N) is 1. The van der Waals surface area contributed by atoms with Gasteiger partial charge in [0.15, 0.2) is 6.10 Å². The molecule has 3 N–H and O–H groups in total. The minimum absolute atomic E-state index is 0.0740. The maximum atomic E-state index is 12.0. The second-order valence-electron chi connectivity index (χ2n) is 4.82. The van der Waals surface area contributed by atoms with Gasteiger partial charge in [0.2, 0.25) is 10.0 Å². The summed E-state index contributed by atoms with van der Waals surface area (Å²) in [5.41, 5.74) is 0.433. The largest absolute Gasteiger partial charge is 0.448 e. The first-order valence-electron chi connectivity index (χ1n) is 6.83. The molecule has 9 heteroatoms. The van der Waals surface area contributed by atoms with E-state index in [4.69, 9.17) is 9.88 Å². The number of esters is 1. The lowest BCUT2D eigenvalue weighted by Crippen LogP contribution is -2.30. The van der Waals surface area contributed by atoms with Gasteiger partial charge in [-0.15, -0.1) is 0 Å². The maximum Gasteiger partial charge on any atom is 0.357 e. The molecular weight excluding hydrogens is 334 g/mol. The summed E-state index contributed by atoms with van der Waals surface area (Å²) in [7, 11) is -3.80. The number of carbonyl (C=O) groups is 2. The summed E-state index contributed by atoms with van der Waals surface area (Å²) in [6, 6.07) is 10.0. The summed E-state index contributed by atoms with van der Waals surface area (Å²) >= 11 is 0. The number of pyridine rings is 1. The van der Waals surface area contributed by atoms with Crippen LogP contribution < -0.4 is 10.5 Å². The zero-order chi connectivity index (χ0) is 17.7. The zero-order valence-electron chi connectivity index (χ0n) is 12.7. The topological polar surface area (TPSA) is 128 Å². The third-order valence-corrected chi connectivity index (χ3v) is 3.91. The Bertz CT molecular complexity index is 835. The van der Waals surface area contributed by atoms with Gasteiger partial charge in [-0.05, 0) is 43.3 Å². The summed E-state index contributed by atoms with van der Waals surface area (Å²) < 4.78 is 27.3. The highest BCUT2D eigenvalue weighted by molar-refractivity contribution is 7.89.